The number of rotatable bonds is 6. The zero-order chi connectivity index (χ0) is 15.9. The number of nitrogens with one attached hydrogen (secondary N) is 1. The Balaban J connectivity index is 2.05. The van der Waals surface area contributed by atoms with E-state index < -0.39 is 0 Å². The molecule has 2 rings (SSSR count). The van der Waals surface area contributed by atoms with Crippen molar-refractivity contribution in [2.75, 3.05) is 12.4 Å². The van der Waals surface area contributed by atoms with E-state index in [9.17, 15) is 4.79 Å². The van der Waals surface area contributed by atoms with Crippen LogP contribution in [0.4, 0.5) is 5.13 Å². The van der Waals surface area contributed by atoms with Crippen molar-refractivity contribution < 1.29 is 14.3 Å². The van der Waals surface area contributed by atoms with Gasteiger partial charge in [-0.25, -0.2) is 0 Å². The van der Waals surface area contributed by atoms with Crippen LogP contribution in [0.25, 0.3) is 6.08 Å². The summed E-state index contributed by atoms with van der Waals surface area (Å²) in [5.41, 5.74) is 2.39. The first-order chi connectivity index (χ1) is 10.6. The summed E-state index contributed by atoms with van der Waals surface area (Å²) in [5.74, 6) is 1.03. The molecule has 0 aliphatic heterocycles. The third-order valence-electron chi connectivity index (χ3n) is 2.57. The lowest BCUT2D eigenvalue weighted by molar-refractivity contribution is -0.111. The molecule has 2 aromatic rings. The van der Waals surface area contributed by atoms with Crippen LogP contribution in [-0.4, -0.2) is 29.3 Å². The summed E-state index contributed by atoms with van der Waals surface area (Å²) in [5, 5.41) is 10.5. The molecule has 7 heteroatoms. The summed E-state index contributed by atoms with van der Waals surface area (Å²) in [6.45, 7) is 3.90. The van der Waals surface area contributed by atoms with Crippen LogP contribution in [0.2, 0.25) is 0 Å². The molecule has 0 aliphatic rings. The number of anilines is 1. The lowest BCUT2D eigenvalue weighted by Crippen LogP contribution is -2.07. The minimum absolute atomic E-state index is 0.0629. The highest BCUT2D eigenvalue weighted by Gasteiger charge is 2.07. The van der Waals surface area contributed by atoms with Crippen LogP contribution < -0.4 is 14.8 Å². The quantitative estimate of drug-likeness (QED) is 0.829. The third kappa shape index (κ3) is 4.56. The highest BCUT2D eigenvalue weighted by atomic mass is 32.1. The van der Waals surface area contributed by atoms with Gasteiger partial charge in [0.1, 0.15) is 5.51 Å². The van der Waals surface area contributed by atoms with Crippen LogP contribution >= 0.6 is 11.3 Å². The fraction of sp³-hybridized carbons (Fsp3) is 0.267. The second kappa shape index (κ2) is 7.56. The number of methoxy groups -OCH3 is 1. The van der Waals surface area contributed by atoms with Crippen LogP contribution in [0.15, 0.2) is 29.8 Å². The Labute approximate surface area is 132 Å². The number of hydrogen-bond donors (Lipinski definition) is 1. The molecule has 1 heterocycles. The highest BCUT2D eigenvalue weighted by Crippen LogP contribution is 2.29. The molecule has 1 aromatic heterocycles. The van der Waals surface area contributed by atoms with Crippen LogP contribution in [0.1, 0.15) is 19.4 Å². The second-order valence-electron chi connectivity index (χ2n) is 4.64. The average Bonchev–Trinajstić information content (AvgIpc) is 2.98. The molecule has 0 radical (unpaired) electrons. The number of aromatic nitrogens is 2. The number of nitrogens with zero attached hydrogens (tertiary/aromatic N) is 2. The summed E-state index contributed by atoms with van der Waals surface area (Å²) >= 11 is 1.26. The van der Waals surface area contributed by atoms with Crippen molar-refractivity contribution in [3.05, 3.63) is 35.3 Å². The summed E-state index contributed by atoms with van der Waals surface area (Å²) in [6, 6.07) is 5.49. The topological polar surface area (TPSA) is 73.3 Å². The molecule has 1 amide bonds. The van der Waals surface area contributed by atoms with Crippen molar-refractivity contribution in [3.63, 3.8) is 0 Å². The maximum Gasteiger partial charge on any atom is 0.250 e. The van der Waals surface area contributed by atoms with Gasteiger partial charge in [-0.1, -0.05) is 17.4 Å². The molecule has 6 nitrogen and oxygen atoms in total. The number of benzene rings is 1. The Morgan fingerprint density at radius 1 is 1.36 bits per heavy atom. The first-order valence-electron chi connectivity index (χ1n) is 6.68. The van der Waals surface area contributed by atoms with Gasteiger partial charge in [0.15, 0.2) is 11.5 Å². The van der Waals surface area contributed by atoms with E-state index in [1.54, 1.807) is 18.7 Å². The van der Waals surface area contributed by atoms with Gasteiger partial charge >= 0.3 is 0 Å². The van der Waals surface area contributed by atoms with E-state index in [0.29, 0.717) is 16.6 Å². The van der Waals surface area contributed by atoms with Crippen LogP contribution in [0.5, 0.6) is 11.5 Å². The SMILES string of the molecule is COc1cc(/C=C/C(=O)Nc2nncs2)ccc1OC(C)C. The molecule has 0 unspecified atom stereocenters. The van der Waals surface area contributed by atoms with Crippen molar-refractivity contribution in [1.82, 2.24) is 10.2 Å². The van der Waals surface area contributed by atoms with Gasteiger partial charge in [0.25, 0.3) is 0 Å². The molecule has 0 saturated heterocycles. The first-order valence-corrected chi connectivity index (χ1v) is 7.56. The van der Waals surface area contributed by atoms with E-state index in [1.165, 1.54) is 17.4 Å². The zero-order valence-corrected chi connectivity index (χ0v) is 13.4. The van der Waals surface area contributed by atoms with E-state index in [0.717, 1.165) is 5.56 Å². The van der Waals surface area contributed by atoms with Gasteiger partial charge in [-0.15, -0.1) is 10.2 Å². The highest BCUT2D eigenvalue weighted by molar-refractivity contribution is 7.13. The number of carbonyl (C=O) groups excluding carboxylic acids is 1. The Morgan fingerprint density at radius 3 is 2.82 bits per heavy atom. The molecular weight excluding hydrogens is 302 g/mol. The molecule has 116 valence electrons. The Kier molecular flexibility index (Phi) is 5.48. The lowest BCUT2D eigenvalue weighted by atomic mass is 10.2. The van der Waals surface area contributed by atoms with Crippen molar-refractivity contribution in [2.45, 2.75) is 20.0 Å². The van der Waals surface area contributed by atoms with Crippen molar-refractivity contribution in [2.24, 2.45) is 0 Å². The van der Waals surface area contributed by atoms with Crippen LogP contribution in [-0.2, 0) is 4.79 Å². The fourth-order valence-electron chi connectivity index (χ4n) is 1.69. The standard InChI is InChI=1S/C15H17N3O3S/c1-10(2)21-12-6-4-11(8-13(12)20-3)5-7-14(19)17-15-18-16-9-22-15/h4-10H,1-3H3,(H,17,18,19)/b7-5+. The van der Waals surface area contributed by atoms with Crippen LogP contribution in [0.3, 0.4) is 0 Å². The van der Waals surface area contributed by atoms with Crippen molar-refractivity contribution in [3.8, 4) is 11.5 Å². The number of hydrogen-bond acceptors (Lipinski definition) is 6. The van der Waals surface area contributed by atoms with Crippen LogP contribution in [0, 0.1) is 0 Å². The largest absolute Gasteiger partial charge is 0.493 e. The van der Waals surface area contributed by atoms with Gasteiger partial charge in [-0.3, -0.25) is 10.1 Å². The molecule has 1 N–H and O–H groups in total. The van der Waals surface area contributed by atoms with E-state index in [-0.39, 0.29) is 12.0 Å². The summed E-state index contributed by atoms with van der Waals surface area (Å²) in [6.07, 6.45) is 3.19. The normalized spacial score (nSPS) is 10.9. The lowest BCUT2D eigenvalue weighted by Gasteiger charge is -2.13. The van der Waals surface area contributed by atoms with Gasteiger partial charge in [0.2, 0.25) is 11.0 Å². The minimum Gasteiger partial charge on any atom is -0.493 e. The Hall–Kier alpha value is -2.41. The molecule has 0 saturated carbocycles. The minimum atomic E-state index is -0.266. The molecule has 1 aromatic carbocycles. The van der Waals surface area contributed by atoms with E-state index in [2.05, 4.69) is 15.5 Å². The molecule has 0 bridgehead atoms. The number of ether oxygens (including phenoxy) is 2. The van der Waals surface area contributed by atoms with E-state index in [4.69, 9.17) is 9.47 Å². The smallest absolute Gasteiger partial charge is 0.250 e. The molecule has 0 spiro atoms. The molecule has 0 atom stereocenters. The summed E-state index contributed by atoms with van der Waals surface area (Å²) < 4.78 is 10.9. The second-order valence-corrected chi connectivity index (χ2v) is 5.48. The first kappa shape index (κ1) is 16.0. The average molecular weight is 319 g/mol. The molecule has 22 heavy (non-hydrogen) atoms. The molecular formula is C15H17N3O3S. The van der Waals surface area contributed by atoms with Gasteiger partial charge < -0.3 is 9.47 Å². The van der Waals surface area contributed by atoms with Gasteiger partial charge in [-0.05, 0) is 37.6 Å². The Bertz CT molecular complexity index is 654. The number of amides is 1. The van der Waals surface area contributed by atoms with Crippen molar-refractivity contribution >= 4 is 28.5 Å². The zero-order valence-electron chi connectivity index (χ0n) is 12.6. The Morgan fingerprint density at radius 2 is 2.18 bits per heavy atom. The summed E-state index contributed by atoms with van der Waals surface area (Å²) in [7, 11) is 1.58. The van der Waals surface area contributed by atoms with E-state index in [1.807, 2.05) is 32.0 Å². The molecule has 0 aliphatic carbocycles. The van der Waals surface area contributed by atoms with Gasteiger partial charge in [0.05, 0.1) is 13.2 Å². The third-order valence-corrected chi connectivity index (χ3v) is 3.17. The van der Waals surface area contributed by atoms with E-state index >= 15 is 0 Å². The van der Waals surface area contributed by atoms with Gasteiger partial charge in [-0.2, -0.15) is 0 Å². The maximum absolute atomic E-state index is 11.7. The van der Waals surface area contributed by atoms with Crippen molar-refractivity contribution in [1.29, 1.82) is 0 Å². The monoisotopic (exact) mass is 319 g/mol. The molecule has 0 fully saturated rings. The summed E-state index contributed by atoms with van der Waals surface area (Å²) in [4.78, 5) is 11.7. The fourth-order valence-corrected chi connectivity index (χ4v) is 2.13. The maximum atomic E-state index is 11.7. The number of carbonyl (C=O) groups is 1. The predicted octanol–water partition coefficient (Wildman–Crippen LogP) is 2.99. The predicted molar refractivity (Wildman–Crippen MR) is 86.3 cm³/mol. The van der Waals surface area contributed by atoms with Gasteiger partial charge in [0, 0.05) is 6.08 Å².